The molecule has 0 atom stereocenters. The molecule has 1 fully saturated rings. The smallest absolute Gasteiger partial charge is 0.273 e. The van der Waals surface area contributed by atoms with Crippen molar-refractivity contribution in [3.05, 3.63) is 35.8 Å². The summed E-state index contributed by atoms with van der Waals surface area (Å²) in [5.74, 6) is -0.984. The number of aryl methyl sites for hydroxylation is 1. The first kappa shape index (κ1) is 14.1. The molecule has 1 aliphatic carbocycles. The number of nitrogens with one attached hydrogen (secondary N) is 3. The van der Waals surface area contributed by atoms with E-state index in [1.165, 1.54) is 18.5 Å². The molecule has 0 spiro atoms. The van der Waals surface area contributed by atoms with Gasteiger partial charge in [-0.15, -0.1) is 10.2 Å². The van der Waals surface area contributed by atoms with Crippen molar-refractivity contribution in [1.29, 1.82) is 0 Å². The summed E-state index contributed by atoms with van der Waals surface area (Å²) in [6.45, 7) is -4.88. The molecule has 32 heavy (non-hydrogen) atoms. The molecule has 3 aromatic rings. The van der Waals surface area contributed by atoms with Crippen LogP contribution in [0.2, 0.25) is 0 Å². The first-order valence-electron chi connectivity index (χ1n) is 12.9. The maximum absolute atomic E-state index is 12.7. The van der Waals surface area contributed by atoms with Crippen molar-refractivity contribution < 1.29 is 17.8 Å². The third-order valence-electron chi connectivity index (χ3n) is 5.33. The van der Waals surface area contributed by atoms with Crippen molar-refractivity contribution in [2.75, 3.05) is 29.6 Å². The van der Waals surface area contributed by atoms with Gasteiger partial charge in [0.1, 0.15) is 0 Å². The average Bonchev–Trinajstić information content (AvgIpc) is 3.56. The van der Waals surface area contributed by atoms with Crippen LogP contribution < -0.4 is 20.9 Å². The van der Waals surface area contributed by atoms with Crippen molar-refractivity contribution in [3.63, 3.8) is 0 Å². The summed E-state index contributed by atoms with van der Waals surface area (Å²) in [6, 6.07) is 3.07. The molecule has 5 rings (SSSR count). The largest absolute Gasteiger partial charge is 0.367 e. The fraction of sp³-hybridized carbons (Fsp3) is 0.333. The Morgan fingerprint density at radius 1 is 1.28 bits per heavy atom. The molecular weight excluding hydrogens is 410 g/mol. The summed E-state index contributed by atoms with van der Waals surface area (Å²) < 4.78 is 46.1. The summed E-state index contributed by atoms with van der Waals surface area (Å²) in [7, 11) is 1.79. The Kier molecular flexibility index (Phi) is 3.35. The number of fused-ring (bicyclic) bond motifs is 3. The van der Waals surface area contributed by atoms with E-state index in [1.807, 2.05) is 10.2 Å². The molecular formula is C21H23N9O2. The number of carbonyl (C=O) groups excluding carboxylic acids is 2. The van der Waals surface area contributed by atoms with Crippen LogP contribution in [0.3, 0.4) is 0 Å². The topological polar surface area (TPSA) is 130 Å². The van der Waals surface area contributed by atoms with E-state index in [-0.39, 0.29) is 34.8 Å². The molecule has 11 nitrogen and oxygen atoms in total. The van der Waals surface area contributed by atoms with Crippen molar-refractivity contribution in [1.82, 2.24) is 30.3 Å². The van der Waals surface area contributed by atoms with Crippen LogP contribution in [-0.2, 0) is 18.3 Å². The van der Waals surface area contributed by atoms with E-state index < -0.39 is 19.9 Å². The van der Waals surface area contributed by atoms with Gasteiger partial charge in [-0.2, -0.15) is 5.10 Å². The molecule has 1 saturated carbocycles. The number of nitrogens with zero attached hydrogens (tertiary/aromatic N) is 6. The molecule has 164 valence electrons. The van der Waals surface area contributed by atoms with Crippen molar-refractivity contribution in [2.45, 2.75) is 19.4 Å². The SMILES string of the molecule is [2H]C([2H])([2H])NC(=O)c1nnc(NC(=O)C2CC2)cc1Nc1nccc2c1N(C)Cc1cn(C([2H])([2H])[2H])nc1-2. The van der Waals surface area contributed by atoms with Gasteiger partial charge in [0.15, 0.2) is 17.3 Å². The molecule has 11 heteroatoms. The van der Waals surface area contributed by atoms with Crippen molar-refractivity contribution in [3.8, 4) is 11.3 Å². The normalized spacial score (nSPS) is 18.0. The maximum Gasteiger partial charge on any atom is 0.273 e. The zero-order valence-electron chi connectivity index (χ0n) is 23.0. The average molecular weight is 440 g/mol. The van der Waals surface area contributed by atoms with E-state index in [0.29, 0.717) is 29.1 Å². The summed E-state index contributed by atoms with van der Waals surface area (Å²) in [6.07, 6.45) is 4.52. The molecule has 3 aromatic heterocycles. The molecule has 2 amide bonds. The number of rotatable bonds is 5. The lowest BCUT2D eigenvalue weighted by Crippen LogP contribution is -2.24. The quantitative estimate of drug-likeness (QED) is 0.547. The summed E-state index contributed by atoms with van der Waals surface area (Å²) in [4.78, 5) is 31.2. The van der Waals surface area contributed by atoms with Gasteiger partial charge in [0, 0.05) is 71.3 Å². The van der Waals surface area contributed by atoms with Gasteiger partial charge in [-0.1, -0.05) is 0 Å². The molecule has 1 aliphatic heterocycles. The summed E-state index contributed by atoms with van der Waals surface area (Å²) in [5, 5.41) is 19.6. The Morgan fingerprint density at radius 3 is 2.94 bits per heavy atom. The molecule has 3 N–H and O–H groups in total. The second-order valence-electron chi connectivity index (χ2n) is 7.69. The number of aromatic nitrogens is 5. The van der Waals surface area contributed by atoms with Crippen LogP contribution in [0.5, 0.6) is 0 Å². The van der Waals surface area contributed by atoms with Crippen LogP contribution in [0.25, 0.3) is 11.3 Å². The van der Waals surface area contributed by atoms with Crippen LogP contribution in [-0.4, -0.2) is 50.8 Å². The number of pyridine rings is 1. The molecule has 0 bridgehead atoms. The highest BCUT2D eigenvalue weighted by Gasteiger charge is 2.30. The number of carbonyl (C=O) groups is 2. The van der Waals surface area contributed by atoms with E-state index in [2.05, 4.69) is 30.9 Å². The highest BCUT2D eigenvalue weighted by atomic mass is 16.2. The molecule has 0 aromatic carbocycles. The Bertz CT molecular complexity index is 1430. The minimum atomic E-state index is -2.77. The lowest BCUT2D eigenvalue weighted by Gasteiger charge is -2.28. The first-order chi connectivity index (χ1) is 17.8. The van der Waals surface area contributed by atoms with Crippen LogP contribution in [0.1, 0.15) is 37.1 Å². The van der Waals surface area contributed by atoms with Crippen LogP contribution in [0.15, 0.2) is 24.5 Å². The molecule has 0 saturated heterocycles. The highest BCUT2D eigenvalue weighted by molar-refractivity contribution is 6.00. The number of hydrogen-bond acceptors (Lipinski definition) is 8. The Hall–Kier alpha value is -4.02. The van der Waals surface area contributed by atoms with Gasteiger partial charge < -0.3 is 20.9 Å². The van der Waals surface area contributed by atoms with E-state index in [1.54, 1.807) is 13.1 Å². The predicted octanol–water partition coefficient (Wildman–Crippen LogP) is 1.67. The standard InChI is InChI=1S/C21H23N9O2/c1-22-21(32)17-14(8-15(26-27-17)25-20(31)11-4-5-11)24-19-18-13(6-7-23-19)16-12(9-29(18)2)10-30(3)28-16/h6-8,10-11H,4-5,9H2,1-3H3,(H,22,32)(H2,23,24,25,26,31)/i1D3,3D3. The second-order valence-corrected chi connectivity index (χ2v) is 7.69. The van der Waals surface area contributed by atoms with Crippen molar-refractivity contribution >= 4 is 34.8 Å². The van der Waals surface area contributed by atoms with Gasteiger partial charge >= 0.3 is 0 Å². The lowest BCUT2D eigenvalue weighted by atomic mass is 10.0. The van der Waals surface area contributed by atoms with Gasteiger partial charge in [-0.25, -0.2) is 4.98 Å². The number of anilines is 4. The van der Waals surface area contributed by atoms with Crippen LogP contribution >= 0.6 is 0 Å². The maximum atomic E-state index is 12.7. The van der Waals surface area contributed by atoms with E-state index in [9.17, 15) is 9.59 Å². The minimum absolute atomic E-state index is 0.0564. The third-order valence-corrected chi connectivity index (χ3v) is 5.33. The zero-order chi connectivity index (χ0) is 27.4. The van der Waals surface area contributed by atoms with E-state index >= 15 is 0 Å². The monoisotopic (exact) mass is 439 g/mol. The third kappa shape index (κ3) is 3.51. The van der Waals surface area contributed by atoms with Crippen molar-refractivity contribution in [2.24, 2.45) is 12.9 Å². The zero-order valence-corrected chi connectivity index (χ0v) is 17.0. The van der Waals surface area contributed by atoms with E-state index in [0.717, 1.165) is 17.5 Å². The summed E-state index contributed by atoms with van der Waals surface area (Å²) >= 11 is 0. The van der Waals surface area contributed by atoms with Crippen LogP contribution in [0.4, 0.5) is 23.0 Å². The highest BCUT2D eigenvalue weighted by Crippen LogP contribution is 2.42. The van der Waals surface area contributed by atoms with E-state index in [4.69, 9.17) is 8.22 Å². The summed E-state index contributed by atoms with van der Waals surface area (Å²) in [5.41, 5.74) is 2.09. The Balaban J connectivity index is 1.55. The van der Waals surface area contributed by atoms with Gasteiger partial charge in [0.2, 0.25) is 5.91 Å². The molecule has 0 radical (unpaired) electrons. The second kappa shape index (κ2) is 7.59. The number of hydrogen-bond donors (Lipinski definition) is 3. The number of amides is 2. The minimum Gasteiger partial charge on any atom is -0.367 e. The first-order valence-corrected chi connectivity index (χ1v) is 9.88. The Morgan fingerprint density at radius 2 is 2.16 bits per heavy atom. The van der Waals surface area contributed by atoms with Gasteiger partial charge in [-0.3, -0.25) is 14.3 Å². The molecule has 4 heterocycles. The fourth-order valence-electron chi connectivity index (χ4n) is 3.69. The fourth-order valence-corrected chi connectivity index (χ4v) is 3.69. The molecule has 0 unspecified atom stereocenters. The predicted molar refractivity (Wildman–Crippen MR) is 119 cm³/mol. The Labute approximate surface area is 192 Å². The van der Waals surface area contributed by atoms with Gasteiger partial charge in [-0.05, 0) is 18.9 Å². The van der Waals surface area contributed by atoms with Crippen LogP contribution in [0, 0.1) is 5.92 Å². The lowest BCUT2D eigenvalue weighted by molar-refractivity contribution is -0.117. The van der Waals surface area contributed by atoms with Gasteiger partial charge in [0.25, 0.3) is 5.91 Å². The molecule has 2 aliphatic rings. The van der Waals surface area contributed by atoms with Gasteiger partial charge in [0.05, 0.1) is 17.1 Å².